The number of alkyl halides is 3. The largest absolute Gasteiger partial charge is 0.433 e. The summed E-state index contributed by atoms with van der Waals surface area (Å²) >= 11 is 4.46. The molecule has 2 rings (SSSR count). The zero-order valence-corrected chi connectivity index (χ0v) is 13.8. The molecule has 0 radical (unpaired) electrons. The number of hydrogen-bond donors (Lipinski definition) is 0. The first-order valence-electron chi connectivity index (χ1n) is 6.17. The molecule has 0 aliphatic carbocycles. The molecule has 1 aromatic heterocycles. The lowest BCUT2D eigenvalue weighted by Crippen LogP contribution is -2.10. The highest BCUT2D eigenvalue weighted by Crippen LogP contribution is 2.33. The minimum Gasteiger partial charge on any atom is -0.236 e. The number of pyridine rings is 1. The number of halogens is 4. The number of thioether (sulfide) groups is 1. The molecule has 0 saturated heterocycles. The van der Waals surface area contributed by atoms with Gasteiger partial charge < -0.3 is 0 Å². The summed E-state index contributed by atoms with van der Waals surface area (Å²) in [6, 6.07) is 10.3. The smallest absolute Gasteiger partial charge is 0.236 e. The zero-order chi connectivity index (χ0) is 16.3. The highest BCUT2D eigenvalue weighted by molar-refractivity contribution is 9.10. The highest BCUT2D eigenvalue weighted by Gasteiger charge is 2.33. The molecule has 1 heterocycles. The van der Waals surface area contributed by atoms with Crippen molar-refractivity contribution in [2.45, 2.75) is 23.9 Å². The third-order valence-corrected chi connectivity index (χ3v) is 4.39. The molecule has 0 amide bonds. The van der Waals surface area contributed by atoms with Crippen molar-refractivity contribution < 1.29 is 13.2 Å². The lowest BCUT2D eigenvalue weighted by molar-refractivity contribution is -0.141. The molecule has 0 spiro atoms. The molecule has 114 valence electrons. The normalized spacial score (nSPS) is 11.3. The Morgan fingerprint density at radius 1 is 1.32 bits per heavy atom. The van der Waals surface area contributed by atoms with Crippen molar-refractivity contribution in [2.75, 3.05) is 0 Å². The lowest BCUT2D eigenvalue weighted by Gasteiger charge is -2.11. The molecule has 0 saturated carbocycles. The van der Waals surface area contributed by atoms with E-state index in [1.165, 1.54) is 6.92 Å². The van der Waals surface area contributed by atoms with Gasteiger partial charge in [0.1, 0.15) is 16.8 Å². The fraction of sp³-hybridized carbons (Fsp3) is 0.200. The first-order chi connectivity index (χ1) is 10.3. The Morgan fingerprint density at radius 2 is 2.05 bits per heavy atom. The average molecular weight is 387 g/mol. The van der Waals surface area contributed by atoms with E-state index in [4.69, 9.17) is 5.26 Å². The maximum absolute atomic E-state index is 12.8. The van der Waals surface area contributed by atoms with Crippen molar-refractivity contribution in [1.29, 1.82) is 5.26 Å². The molecule has 2 aromatic rings. The molecule has 0 fully saturated rings. The summed E-state index contributed by atoms with van der Waals surface area (Å²) in [5.41, 5.74) is 0.426. The van der Waals surface area contributed by atoms with Gasteiger partial charge in [-0.1, -0.05) is 28.1 Å². The summed E-state index contributed by atoms with van der Waals surface area (Å²) in [7, 11) is 0. The number of aromatic nitrogens is 1. The molecule has 0 atom stereocenters. The lowest BCUT2D eigenvalue weighted by atomic mass is 10.1. The van der Waals surface area contributed by atoms with Crippen molar-refractivity contribution >= 4 is 27.7 Å². The van der Waals surface area contributed by atoms with Gasteiger partial charge in [0.2, 0.25) is 0 Å². The molecule has 0 unspecified atom stereocenters. The monoisotopic (exact) mass is 386 g/mol. The summed E-state index contributed by atoms with van der Waals surface area (Å²) in [5.74, 6) is 0.432. The molecule has 0 aliphatic rings. The predicted octanol–water partition coefficient (Wildman–Crippen LogP) is 5.34. The number of aryl methyl sites for hydroxylation is 1. The van der Waals surface area contributed by atoms with Gasteiger partial charge in [0.05, 0.1) is 5.56 Å². The topological polar surface area (TPSA) is 36.7 Å². The number of hydrogen-bond acceptors (Lipinski definition) is 3. The summed E-state index contributed by atoms with van der Waals surface area (Å²) in [5, 5.41) is 9.25. The van der Waals surface area contributed by atoms with Crippen LogP contribution in [0.2, 0.25) is 0 Å². The van der Waals surface area contributed by atoms with Crippen LogP contribution >= 0.6 is 27.7 Å². The zero-order valence-electron chi connectivity index (χ0n) is 11.4. The standard InChI is InChI=1S/C15H10BrF3N2S/c1-9-5-13(15(17,18)19)21-14(12(9)7-20)22-8-10-3-2-4-11(16)6-10/h2-6H,8H2,1H3. The van der Waals surface area contributed by atoms with Crippen LogP contribution < -0.4 is 0 Å². The molecular formula is C15H10BrF3N2S. The fourth-order valence-corrected chi connectivity index (χ4v) is 3.25. The fourth-order valence-electron chi connectivity index (χ4n) is 1.81. The van der Waals surface area contributed by atoms with Gasteiger partial charge in [0.25, 0.3) is 0 Å². The van der Waals surface area contributed by atoms with Crippen molar-refractivity contribution in [3.8, 4) is 6.07 Å². The van der Waals surface area contributed by atoms with Crippen molar-refractivity contribution in [1.82, 2.24) is 4.98 Å². The molecule has 0 aliphatic heterocycles. The first kappa shape index (κ1) is 16.8. The van der Waals surface area contributed by atoms with Crippen LogP contribution in [0.4, 0.5) is 13.2 Å². The van der Waals surface area contributed by atoms with Crippen LogP contribution in [0.15, 0.2) is 39.8 Å². The SMILES string of the molecule is Cc1cc(C(F)(F)F)nc(SCc2cccc(Br)c2)c1C#N. The van der Waals surface area contributed by atoms with Gasteiger partial charge in [-0.05, 0) is 36.2 Å². The van der Waals surface area contributed by atoms with Crippen LogP contribution in [0.1, 0.15) is 22.4 Å². The van der Waals surface area contributed by atoms with Crippen LogP contribution in [-0.4, -0.2) is 4.98 Å². The second-order valence-corrected chi connectivity index (χ2v) is 6.41. The van der Waals surface area contributed by atoms with E-state index in [0.717, 1.165) is 27.9 Å². The van der Waals surface area contributed by atoms with Crippen LogP contribution in [0.5, 0.6) is 0 Å². The molecular weight excluding hydrogens is 377 g/mol. The Hall–Kier alpha value is -1.52. The Bertz CT molecular complexity index is 739. The van der Waals surface area contributed by atoms with Gasteiger partial charge in [0, 0.05) is 10.2 Å². The van der Waals surface area contributed by atoms with E-state index in [9.17, 15) is 13.2 Å². The van der Waals surface area contributed by atoms with Gasteiger partial charge in [-0.25, -0.2) is 4.98 Å². The first-order valence-corrected chi connectivity index (χ1v) is 7.95. The van der Waals surface area contributed by atoms with Crippen LogP contribution in [0, 0.1) is 18.3 Å². The Labute approximate surface area is 138 Å². The van der Waals surface area contributed by atoms with Gasteiger partial charge in [-0.15, -0.1) is 11.8 Å². The summed E-state index contributed by atoms with van der Waals surface area (Å²) in [6.07, 6.45) is -4.52. The molecule has 22 heavy (non-hydrogen) atoms. The van der Waals surface area contributed by atoms with E-state index in [1.54, 1.807) is 0 Å². The maximum atomic E-state index is 12.8. The molecule has 1 aromatic carbocycles. The minimum atomic E-state index is -4.52. The van der Waals surface area contributed by atoms with E-state index in [2.05, 4.69) is 20.9 Å². The molecule has 0 bridgehead atoms. The van der Waals surface area contributed by atoms with E-state index >= 15 is 0 Å². The van der Waals surface area contributed by atoms with Crippen molar-refractivity contribution in [2.24, 2.45) is 0 Å². The predicted molar refractivity (Wildman–Crippen MR) is 82.4 cm³/mol. The van der Waals surface area contributed by atoms with E-state index in [1.807, 2.05) is 30.3 Å². The second kappa shape index (κ2) is 6.71. The van der Waals surface area contributed by atoms with E-state index in [-0.39, 0.29) is 16.2 Å². The van der Waals surface area contributed by atoms with Crippen LogP contribution in [0.25, 0.3) is 0 Å². The molecule has 0 N–H and O–H groups in total. The van der Waals surface area contributed by atoms with Gasteiger partial charge in [-0.2, -0.15) is 18.4 Å². The quantitative estimate of drug-likeness (QED) is 0.668. The third-order valence-electron chi connectivity index (χ3n) is 2.85. The Balaban J connectivity index is 2.33. The van der Waals surface area contributed by atoms with Crippen molar-refractivity contribution in [3.05, 3.63) is 57.2 Å². The Kier molecular flexibility index (Phi) is 5.14. The van der Waals surface area contributed by atoms with Crippen LogP contribution in [0.3, 0.4) is 0 Å². The third kappa shape index (κ3) is 4.02. The van der Waals surface area contributed by atoms with Crippen molar-refractivity contribution in [3.63, 3.8) is 0 Å². The number of rotatable bonds is 3. The second-order valence-electron chi connectivity index (χ2n) is 4.53. The van der Waals surface area contributed by atoms with Gasteiger partial charge in [0.15, 0.2) is 0 Å². The summed E-state index contributed by atoms with van der Waals surface area (Å²) in [6.45, 7) is 1.48. The Morgan fingerprint density at radius 3 is 2.64 bits per heavy atom. The van der Waals surface area contributed by atoms with E-state index in [0.29, 0.717) is 5.75 Å². The maximum Gasteiger partial charge on any atom is 0.433 e. The van der Waals surface area contributed by atoms with Crippen LogP contribution in [-0.2, 0) is 11.9 Å². The number of nitrogens with zero attached hydrogens (tertiary/aromatic N) is 2. The van der Waals surface area contributed by atoms with E-state index < -0.39 is 11.9 Å². The summed E-state index contributed by atoms with van der Waals surface area (Å²) in [4.78, 5) is 3.62. The average Bonchev–Trinajstić information content (AvgIpc) is 2.43. The molecule has 7 heteroatoms. The van der Waals surface area contributed by atoms with Gasteiger partial charge >= 0.3 is 6.18 Å². The number of nitriles is 1. The minimum absolute atomic E-state index is 0.106. The summed E-state index contributed by atoms with van der Waals surface area (Å²) < 4.78 is 39.4. The number of benzene rings is 1. The highest BCUT2D eigenvalue weighted by atomic mass is 79.9. The molecule has 2 nitrogen and oxygen atoms in total. The van der Waals surface area contributed by atoms with Gasteiger partial charge in [-0.3, -0.25) is 0 Å².